The van der Waals surface area contributed by atoms with Crippen LogP contribution in [0.25, 0.3) is 10.9 Å². The summed E-state index contributed by atoms with van der Waals surface area (Å²) in [6.45, 7) is 1.93. The van der Waals surface area contributed by atoms with Crippen molar-refractivity contribution in [1.29, 1.82) is 0 Å². The van der Waals surface area contributed by atoms with Crippen LogP contribution in [0.5, 0.6) is 11.5 Å². The van der Waals surface area contributed by atoms with Crippen LogP contribution in [0.15, 0.2) is 42.5 Å². The first-order chi connectivity index (χ1) is 14.0. The minimum atomic E-state index is -0.381. The van der Waals surface area contributed by atoms with E-state index in [9.17, 15) is 9.59 Å². The third kappa shape index (κ3) is 3.70. The molecule has 1 fully saturated rings. The second kappa shape index (κ2) is 7.62. The topological polar surface area (TPSA) is 66.8 Å². The highest BCUT2D eigenvalue weighted by Gasteiger charge is 2.30. The van der Waals surface area contributed by atoms with E-state index in [4.69, 9.17) is 14.2 Å². The van der Waals surface area contributed by atoms with Gasteiger partial charge in [0.25, 0.3) is 0 Å². The molecule has 0 amide bonds. The Morgan fingerprint density at radius 3 is 2.34 bits per heavy atom. The summed E-state index contributed by atoms with van der Waals surface area (Å²) < 4.78 is 17.8. The summed E-state index contributed by atoms with van der Waals surface area (Å²) in [5.41, 5.74) is 3.21. The lowest BCUT2D eigenvalue weighted by atomic mass is 10.1. The number of benzene rings is 2. The van der Waals surface area contributed by atoms with Crippen molar-refractivity contribution in [2.45, 2.75) is 32.2 Å². The highest BCUT2D eigenvalue weighted by atomic mass is 16.5. The van der Waals surface area contributed by atoms with Crippen LogP contribution in [0.1, 0.15) is 40.5 Å². The van der Waals surface area contributed by atoms with E-state index in [0.29, 0.717) is 17.4 Å². The van der Waals surface area contributed by atoms with Crippen LogP contribution >= 0.6 is 0 Å². The van der Waals surface area contributed by atoms with Crippen LogP contribution in [-0.2, 0) is 16.0 Å². The fourth-order valence-electron chi connectivity index (χ4n) is 3.73. The number of ether oxygens (including phenoxy) is 3. The zero-order valence-electron chi connectivity index (χ0n) is 16.7. The van der Waals surface area contributed by atoms with Crippen molar-refractivity contribution in [3.05, 3.63) is 59.3 Å². The molecule has 0 aliphatic heterocycles. The number of carbonyl (C=O) groups is 2. The largest absolute Gasteiger partial charge is 0.497 e. The SMILES string of the molecule is COC(=O)c1c(C)n(C2CC2)c2ccc(OC(=O)Cc3ccc(OC)cc3)cc12. The number of methoxy groups -OCH3 is 2. The third-order valence-electron chi connectivity index (χ3n) is 5.26. The Balaban J connectivity index is 1.60. The van der Waals surface area contributed by atoms with Gasteiger partial charge in [-0.3, -0.25) is 4.79 Å². The highest BCUT2D eigenvalue weighted by molar-refractivity contribution is 6.06. The fraction of sp³-hybridized carbons (Fsp3) is 0.304. The van der Waals surface area contributed by atoms with Gasteiger partial charge in [-0.15, -0.1) is 0 Å². The van der Waals surface area contributed by atoms with Gasteiger partial charge < -0.3 is 18.8 Å². The average Bonchev–Trinajstić information content (AvgIpc) is 3.51. The smallest absolute Gasteiger partial charge is 0.340 e. The Hall–Kier alpha value is -3.28. The molecule has 4 rings (SSSR count). The molecule has 1 saturated carbocycles. The monoisotopic (exact) mass is 393 g/mol. The summed E-state index contributed by atoms with van der Waals surface area (Å²) in [7, 11) is 2.97. The summed E-state index contributed by atoms with van der Waals surface area (Å²) >= 11 is 0. The molecule has 0 atom stereocenters. The maximum Gasteiger partial charge on any atom is 0.340 e. The van der Waals surface area contributed by atoms with Gasteiger partial charge in [-0.25, -0.2) is 4.79 Å². The lowest BCUT2D eigenvalue weighted by Gasteiger charge is -2.07. The van der Waals surface area contributed by atoms with Crippen molar-refractivity contribution in [3.63, 3.8) is 0 Å². The zero-order valence-corrected chi connectivity index (χ0v) is 16.7. The predicted molar refractivity (Wildman–Crippen MR) is 109 cm³/mol. The van der Waals surface area contributed by atoms with Crippen molar-refractivity contribution in [2.24, 2.45) is 0 Å². The van der Waals surface area contributed by atoms with Crippen molar-refractivity contribution in [1.82, 2.24) is 4.57 Å². The number of aromatic nitrogens is 1. The molecular weight excluding hydrogens is 370 g/mol. The second-order valence-corrected chi connectivity index (χ2v) is 7.23. The molecule has 1 heterocycles. The summed E-state index contributed by atoms with van der Waals surface area (Å²) in [5.74, 6) is 0.397. The van der Waals surface area contributed by atoms with Crippen molar-refractivity contribution in [3.8, 4) is 11.5 Å². The maximum absolute atomic E-state index is 12.4. The van der Waals surface area contributed by atoms with Crippen molar-refractivity contribution in [2.75, 3.05) is 14.2 Å². The molecule has 0 bridgehead atoms. The van der Waals surface area contributed by atoms with Crippen molar-refractivity contribution < 1.29 is 23.8 Å². The maximum atomic E-state index is 12.4. The number of nitrogens with zero attached hydrogens (tertiary/aromatic N) is 1. The second-order valence-electron chi connectivity index (χ2n) is 7.23. The Bertz CT molecular complexity index is 1080. The highest BCUT2D eigenvalue weighted by Crippen LogP contribution is 2.42. The minimum Gasteiger partial charge on any atom is -0.497 e. The molecule has 6 nitrogen and oxygen atoms in total. The van der Waals surface area contributed by atoms with Gasteiger partial charge in [0, 0.05) is 22.6 Å². The van der Waals surface area contributed by atoms with Gasteiger partial charge in [0.15, 0.2) is 0 Å². The lowest BCUT2D eigenvalue weighted by molar-refractivity contribution is -0.133. The van der Waals surface area contributed by atoms with Gasteiger partial charge in [-0.2, -0.15) is 0 Å². The number of hydrogen-bond acceptors (Lipinski definition) is 5. The molecule has 1 aromatic heterocycles. The minimum absolute atomic E-state index is 0.147. The van der Waals surface area contributed by atoms with Gasteiger partial charge in [-0.05, 0) is 55.7 Å². The fourth-order valence-corrected chi connectivity index (χ4v) is 3.73. The van der Waals surface area contributed by atoms with E-state index < -0.39 is 0 Å². The zero-order chi connectivity index (χ0) is 20.5. The summed E-state index contributed by atoms with van der Waals surface area (Å²) in [6, 6.07) is 13.1. The quantitative estimate of drug-likeness (QED) is 0.463. The summed E-state index contributed by atoms with van der Waals surface area (Å²) in [6.07, 6.45) is 2.35. The molecule has 0 saturated heterocycles. The Morgan fingerprint density at radius 1 is 1.03 bits per heavy atom. The molecule has 3 aromatic rings. The van der Waals surface area contributed by atoms with Gasteiger partial charge in [0.1, 0.15) is 11.5 Å². The molecule has 1 aliphatic carbocycles. The molecule has 2 aromatic carbocycles. The Labute approximate surface area is 169 Å². The first-order valence-electron chi connectivity index (χ1n) is 9.58. The van der Waals surface area contributed by atoms with Crippen LogP contribution in [0.4, 0.5) is 0 Å². The molecule has 6 heteroatoms. The standard InChI is InChI=1S/C23H23NO5/c1-14-22(23(26)28-3)19-13-18(10-11-20(19)24(14)16-6-7-16)29-21(25)12-15-4-8-17(27-2)9-5-15/h4-5,8-11,13,16H,6-7,12H2,1-3H3. The van der Waals surface area contributed by atoms with Crippen LogP contribution in [0, 0.1) is 6.92 Å². The molecule has 29 heavy (non-hydrogen) atoms. The van der Waals surface area contributed by atoms with E-state index in [2.05, 4.69) is 4.57 Å². The number of rotatable bonds is 6. The first kappa shape index (κ1) is 19.1. The van der Waals surface area contributed by atoms with E-state index in [1.807, 2.05) is 25.1 Å². The Morgan fingerprint density at radius 2 is 1.72 bits per heavy atom. The van der Waals surface area contributed by atoms with Crippen LogP contribution in [-0.4, -0.2) is 30.7 Å². The summed E-state index contributed by atoms with van der Waals surface area (Å²) in [4.78, 5) is 24.8. The molecule has 0 spiro atoms. The first-order valence-corrected chi connectivity index (χ1v) is 9.58. The molecule has 150 valence electrons. The molecule has 1 aliphatic rings. The van der Waals surface area contributed by atoms with E-state index in [1.165, 1.54) is 7.11 Å². The number of fused-ring (bicyclic) bond motifs is 1. The number of esters is 2. The number of carbonyl (C=O) groups excluding carboxylic acids is 2. The average molecular weight is 393 g/mol. The Kier molecular flexibility index (Phi) is 5.01. The third-order valence-corrected chi connectivity index (χ3v) is 5.26. The number of hydrogen-bond donors (Lipinski definition) is 0. The molecule has 0 radical (unpaired) electrons. The van der Waals surface area contributed by atoms with E-state index in [1.54, 1.807) is 31.4 Å². The lowest BCUT2D eigenvalue weighted by Crippen LogP contribution is -2.11. The normalized spacial score (nSPS) is 13.3. The molecule has 0 N–H and O–H groups in total. The summed E-state index contributed by atoms with van der Waals surface area (Å²) in [5, 5.41) is 0.746. The van der Waals surface area contributed by atoms with Gasteiger partial charge >= 0.3 is 11.9 Å². The van der Waals surface area contributed by atoms with Crippen LogP contribution in [0.3, 0.4) is 0 Å². The van der Waals surface area contributed by atoms with E-state index in [0.717, 1.165) is 40.8 Å². The molecular formula is C23H23NO5. The van der Waals surface area contributed by atoms with Gasteiger partial charge in [-0.1, -0.05) is 12.1 Å². The predicted octanol–water partition coefficient (Wildman–Crippen LogP) is 4.23. The van der Waals surface area contributed by atoms with Crippen LogP contribution in [0.2, 0.25) is 0 Å². The molecule has 0 unspecified atom stereocenters. The van der Waals surface area contributed by atoms with Crippen molar-refractivity contribution >= 4 is 22.8 Å². The van der Waals surface area contributed by atoms with Crippen LogP contribution < -0.4 is 9.47 Å². The van der Waals surface area contributed by atoms with Gasteiger partial charge in [0.2, 0.25) is 0 Å². The van der Waals surface area contributed by atoms with E-state index in [-0.39, 0.29) is 18.4 Å². The van der Waals surface area contributed by atoms with E-state index >= 15 is 0 Å². The van der Waals surface area contributed by atoms with Gasteiger partial charge in [0.05, 0.1) is 26.2 Å².